The Kier molecular flexibility index (Phi) is 7.44. The Morgan fingerprint density at radius 3 is 2.63 bits per heavy atom. The van der Waals surface area contributed by atoms with Gasteiger partial charge in [0.1, 0.15) is 0 Å². The Labute approximate surface area is 213 Å². The second kappa shape index (κ2) is 10.7. The van der Waals surface area contributed by atoms with Gasteiger partial charge in [0.2, 0.25) is 6.41 Å². The van der Waals surface area contributed by atoms with Crippen LogP contribution in [0.15, 0.2) is 42.5 Å². The van der Waals surface area contributed by atoms with Crippen LogP contribution in [0.2, 0.25) is 5.02 Å². The standard InChI is InChI=1S/C28H36ClN5O/c1-31(2)10-4-11-32-13-15-33(16-14-32)19-21-5-3-6-22(17-21)28-27-24(9-12-34(28)20-35)25-18-23(29)7-8-26(25)30-27/h3,5-8,17-18,20,28,30H,4,9-16,19H2,1-2H3. The summed E-state index contributed by atoms with van der Waals surface area (Å²) in [4.78, 5) is 25.0. The lowest BCUT2D eigenvalue weighted by molar-refractivity contribution is -0.120. The fourth-order valence-corrected chi connectivity index (χ4v) is 5.82. The zero-order valence-electron chi connectivity index (χ0n) is 20.8. The monoisotopic (exact) mass is 493 g/mol. The molecule has 1 fully saturated rings. The topological polar surface area (TPSA) is 45.8 Å². The quantitative estimate of drug-likeness (QED) is 0.482. The van der Waals surface area contributed by atoms with Crippen molar-refractivity contribution in [3.63, 3.8) is 0 Å². The average molecular weight is 494 g/mol. The van der Waals surface area contributed by atoms with E-state index in [1.807, 2.05) is 23.1 Å². The molecule has 1 N–H and O–H groups in total. The summed E-state index contributed by atoms with van der Waals surface area (Å²) in [5.41, 5.74) is 5.94. The summed E-state index contributed by atoms with van der Waals surface area (Å²) in [5.74, 6) is 0. The highest BCUT2D eigenvalue weighted by Crippen LogP contribution is 2.38. The summed E-state index contributed by atoms with van der Waals surface area (Å²) in [6.07, 6.45) is 3.06. The molecule has 186 valence electrons. The van der Waals surface area contributed by atoms with Crippen LogP contribution in [-0.2, 0) is 17.8 Å². The van der Waals surface area contributed by atoms with Gasteiger partial charge in [0.15, 0.2) is 0 Å². The Morgan fingerprint density at radius 2 is 1.86 bits per heavy atom. The molecular formula is C28H36ClN5O. The number of halogens is 1. The van der Waals surface area contributed by atoms with Crippen LogP contribution >= 0.6 is 11.6 Å². The minimum atomic E-state index is -0.101. The van der Waals surface area contributed by atoms with Gasteiger partial charge in [-0.05, 0) is 74.9 Å². The molecule has 0 radical (unpaired) electrons. The molecule has 3 aromatic rings. The fraction of sp³-hybridized carbons (Fsp3) is 0.464. The molecule has 5 rings (SSSR count). The number of piperazine rings is 1. The molecular weight excluding hydrogens is 458 g/mol. The van der Waals surface area contributed by atoms with Crippen molar-refractivity contribution in [1.82, 2.24) is 24.6 Å². The SMILES string of the molecule is CN(C)CCCN1CCN(Cc2cccc(C3c4[nH]c5ccc(Cl)cc5c4CCN3C=O)c2)CC1. The minimum Gasteiger partial charge on any atom is -0.356 e. The summed E-state index contributed by atoms with van der Waals surface area (Å²) in [7, 11) is 4.28. The maximum atomic E-state index is 12.0. The first kappa shape index (κ1) is 24.3. The van der Waals surface area contributed by atoms with Gasteiger partial charge in [-0.25, -0.2) is 0 Å². The molecule has 1 amide bonds. The van der Waals surface area contributed by atoms with Crippen molar-refractivity contribution in [3.8, 4) is 0 Å². The van der Waals surface area contributed by atoms with E-state index in [1.165, 1.54) is 29.5 Å². The number of carbonyl (C=O) groups excluding carboxylic acids is 1. The van der Waals surface area contributed by atoms with Crippen LogP contribution in [0.3, 0.4) is 0 Å². The lowest BCUT2D eigenvalue weighted by atomic mass is 9.92. The van der Waals surface area contributed by atoms with Crippen molar-refractivity contribution in [2.24, 2.45) is 0 Å². The van der Waals surface area contributed by atoms with Gasteiger partial charge in [-0.1, -0.05) is 35.9 Å². The highest BCUT2D eigenvalue weighted by atomic mass is 35.5. The van der Waals surface area contributed by atoms with E-state index in [0.717, 1.165) is 73.9 Å². The molecule has 0 saturated carbocycles. The van der Waals surface area contributed by atoms with E-state index < -0.39 is 0 Å². The number of nitrogens with one attached hydrogen (secondary N) is 1. The van der Waals surface area contributed by atoms with Gasteiger partial charge in [-0.2, -0.15) is 0 Å². The Morgan fingerprint density at radius 1 is 1.06 bits per heavy atom. The number of benzene rings is 2. The number of hydrogen-bond acceptors (Lipinski definition) is 4. The number of fused-ring (bicyclic) bond motifs is 3. The van der Waals surface area contributed by atoms with Crippen molar-refractivity contribution in [2.75, 3.05) is 59.9 Å². The number of nitrogens with zero attached hydrogens (tertiary/aromatic N) is 4. The van der Waals surface area contributed by atoms with Gasteiger partial charge >= 0.3 is 0 Å². The Hall–Kier alpha value is -2.38. The summed E-state index contributed by atoms with van der Waals surface area (Å²) in [5, 5.41) is 1.91. The van der Waals surface area contributed by atoms with E-state index in [1.54, 1.807) is 0 Å². The lowest BCUT2D eigenvalue weighted by Gasteiger charge is -2.35. The summed E-state index contributed by atoms with van der Waals surface area (Å²) in [6.45, 7) is 8.46. The average Bonchev–Trinajstić information content (AvgIpc) is 3.22. The van der Waals surface area contributed by atoms with Crippen LogP contribution < -0.4 is 0 Å². The van der Waals surface area contributed by atoms with E-state index in [2.05, 4.69) is 58.0 Å². The third kappa shape index (κ3) is 5.41. The molecule has 1 saturated heterocycles. The van der Waals surface area contributed by atoms with E-state index in [4.69, 9.17) is 11.6 Å². The van der Waals surface area contributed by atoms with Gasteiger partial charge in [-0.3, -0.25) is 9.69 Å². The van der Waals surface area contributed by atoms with Gasteiger partial charge in [0, 0.05) is 60.9 Å². The third-order valence-corrected chi connectivity index (χ3v) is 7.71. The van der Waals surface area contributed by atoms with Gasteiger partial charge in [0.05, 0.1) is 6.04 Å². The van der Waals surface area contributed by atoms with Crippen molar-refractivity contribution < 1.29 is 4.79 Å². The molecule has 2 aromatic carbocycles. The molecule has 7 heteroatoms. The van der Waals surface area contributed by atoms with Gasteiger partial charge in [-0.15, -0.1) is 0 Å². The van der Waals surface area contributed by atoms with Crippen LogP contribution in [0.25, 0.3) is 10.9 Å². The van der Waals surface area contributed by atoms with Crippen LogP contribution in [0.4, 0.5) is 0 Å². The highest BCUT2D eigenvalue weighted by molar-refractivity contribution is 6.31. The molecule has 6 nitrogen and oxygen atoms in total. The number of hydrogen-bond donors (Lipinski definition) is 1. The number of amides is 1. The number of carbonyl (C=O) groups is 1. The smallest absolute Gasteiger partial charge is 0.210 e. The number of H-pyrrole nitrogens is 1. The van der Waals surface area contributed by atoms with Crippen molar-refractivity contribution in [3.05, 3.63) is 69.9 Å². The molecule has 0 bridgehead atoms. The molecule has 35 heavy (non-hydrogen) atoms. The highest BCUT2D eigenvalue weighted by Gasteiger charge is 2.31. The predicted octanol–water partition coefficient (Wildman–Crippen LogP) is 3.99. The first-order valence-electron chi connectivity index (χ1n) is 12.7. The molecule has 3 heterocycles. The molecule has 2 aliphatic heterocycles. The number of aromatic nitrogens is 1. The number of aromatic amines is 1. The van der Waals surface area contributed by atoms with Crippen LogP contribution in [0, 0.1) is 0 Å². The lowest BCUT2D eigenvalue weighted by Crippen LogP contribution is -2.46. The maximum Gasteiger partial charge on any atom is 0.210 e. The first-order valence-corrected chi connectivity index (χ1v) is 13.1. The summed E-state index contributed by atoms with van der Waals surface area (Å²) >= 11 is 6.30. The van der Waals surface area contributed by atoms with Crippen LogP contribution in [0.1, 0.15) is 34.8 Å². The molecule has 1 aromatic heterocycles. The number of rotatable bonds is 8. The Balaban J connectivity index is 1.31. The second-order valence-corrected chi connectivity index (χ2v) is 10.7. The van der Waals surface area contributed by atoms with Gasteiger partial charge < -0.3 is 19.7 Å². The van der Waals surface area contributed by atoms with Crippen molar-refractivity contribution in [2.45, 2.75) is 25.4 Å². The third-order valence-electron chi connectivity index (χ3n) is 7.48. The molecule has 0 spiro atoms. The molecule has 0 aliphatic carbocycles. The van der Waals surface area contributed by atoms with E-state index in [-0.39, 0.29) is 6.04 Å². The predicted molar refractivity (Wildman–Crippen MR) is 143 cm³/mol. The largest absolute Gasteiger partial charge is 0.356 e. The minimum absolute atomic E-state index is 0.101. The zero-order chi connectivity index (χ0) is 24.4. The van der Waals surface area contributed by atoms with Gasteiger partial charge in [0.25, 0.3) is 0 Å². The van der Waals surface area contributed by atoms with Crippen molar-refractivity contribution >= 4 is 28.9 Å². The summed E-state index contributed by atoms with van der Waals surface area (Å²) in [6, 6.07) is 14.7. The second-order valence-electron chi connectivity index (χ2n) is 10.2. The molecule has 1 atom stereocenters. The summed E-state index contributed by atoms with van der Waals surface area (Å²) < 4.78 is 0. The van der Waals surface area contributed by atoms with Crippen LogP contribution in [-0.4, -0.2) is 90.9 Å². The van der Waals surface area contributed by atoms with Crippen LogP contribution in [0.5, 0.6) is 0 Å². The van der Waals surface area contributed by atoms with E-state index in [0.29, 0.717) is 6.54 Å². The van der Waals surface area contributed by atoms with Crippen molar-refractivity contribution in [1.29, 1.82) is 0 Å². The zero-order valence-corrected chi connectivity index (χ0v) is 21.6. The molecule has 2 aliphatic rings. The van der Waals surface area contributed by atoms with E-state index >= 15 is 0 Å². The van der Waals surface area contributed by atoms with E-state index in [9.17, 15) is 4.79 Å². The first-order chi connectivity index (χ1) is 17.0. The molecule has 1 unspecified atom stereocenters. The normalized spacial score (nSPS) is 19.4. The Bertz CT molecular complexity index is 1170. The maximum absolute atomic E-state index is 12.0. The fourth-order valence-electron chi connectivity index (χ4n) is 5.65.